The molecule has 0 aliphatic carbocycles. The van der Waals surface area contributed by atoms with Crippen molar-refractivity contribution >= 4 is 55.4 Å². The summed E-state index contributed by atoms with van der Waals surface area (Å²) in [6.45, 7) is 1.28. The van der Waals surface area contributed by atoms with Crippen LogP contribution in [0.4, 0.5) is 0 Å². The second-order valence-corrected chi connectivity index (χ2v) is 7.37. The standard InChI is InChI=1S/C9H9Br2N3OS2/c1-15-3-2-14-8(12-13-9(14)16)5-4-6(10)17-7(5)11/h4H,2-3H2,1H3,(H,13,16). The number of H-pyrrole nitrogens is 1. The molecule has 0 aliphatic heterocycles. The van der Waals surface area contributed by atoms with Crippen molar-refractivity contribution in [2.75, 3.05) is 13.7 Å². The van der Waals surface area contributed by atoms with Crippen molar-refractivity contribution < 1.29 is 4.74 Å². The molecule has 2 heterocycles. The van der Waals surface area contributed by atoms with E-state index in [1.165, 1.54) is 0 Å². The SMILES string of the molecule is COCCn1c(-c2cc(Br)sc2Br)n[nH]c1=S. The highest BCUT2D eigenvalue weighted by Crippen LogP contribution is 2.37. The molecule has 0 saturated heterocycles. The van der Waals surface area contributed by atoms with E-state index in [9.17, 15) is 0 Å². The average molecular weight is 399 g/mol. The molecule has 0 unspecified atom stereocenters. The van der Waals surface area contributed by atoms with Gasteiger partial charge < -0.3 is 4.74 Å². The number of halogens is 2. The Morgan fingerprint density at radius 1 is 1.59 bits per heavy atom. The van der Waals surface area contributed by atoms with Gasteiger partial charge in [0.25, 0.3) is 0 Å². The number of aromatic amines is 1. The van der Waals surface area contributed by atoms with Crippen LogP contribution in [0, 0.1) is 4.77 Å². The lowest BCUT2D eigenvalue weighted by atomic mass is 10.3. The van der Waals surface area contributed by atoms with Gasteiger partial charge in [0.15, 0.2) is 10.6 Å². The molecule has 0 aromatic carbocycles. The summed E-state index contributed by atoms with van der Waals surface area (Å²) in [6, 6.07) is 2.02. The minimum absolute atomic E-state index is 0.601. The molecule has 92 valence electrons. The first kappa shape index (κ1) is 13.4. The predicted octanol–water partition coefficient (Wildman–Crippen LogP) is 3.84. The molecular formula is C9H9Br2N3OS2. The maximum Gasteiger partial charge on any atom is 0.195 e. The number of hydrogen-bond acceptors (Lipinski definition) is 4. The molecule has 17 heavy (non-hydrogen) atoms. The minimum atomic E-state index is 0.601. The van der Waals surface area contributed by atoms with Gasteiger partial charge >= 0.3 is 0 Å². The maximum atomic E-state index is 5.20. The fraction of sp³-hybridized carbons (Fsp3) is 0.333. The summed E-state index contributed by atoms with van der Waals surface area (Å²) in [5, 5.41) is 7.07. The van der Waals surface area contributed by atoms with Gasteiger partial charge in [-0.2, -0.15) is 5.10 Å². The first-order chi connectivity index (χ1) is 8.13. The molecule has 0 bridgehead atoms. The van der Waals surface area contributed by atoms with Crippen LogP contribution in [0.15, 0.2) is 13.6 Å². The molecule has 1 N–H and O–H groups in total. The van der Waals surface area contributed by atoms with E-state index in [0.29, 0.717) is 17.9 Å². The Kier molecular flexibility index (Phi) is 4.53. The van der Waals surface area contributed by atoms with E-state index in [1.807, 2.05) is 10.6 Å². The van der Waals surface area contributed by atoms with Gasteiger partial charge in [-0.1, -0.05) is 0 Å². The number of methoxy groups -OCH3 is 1. The normalized spacial score (nSPS) is 11.0. The summed E-state index contributed by atoms with van der Waals surface area (Å²) in [6.07, 6.45) is 0. The van der Waals surface area contributed by atoms with E-state index in [2.05, 4.69) is 42.1 Å². The van der Waals surface area contributed by atoms with Crippen LogP contribution in [0.3, 0.4) is 0 Å². The quantitative estimate of drug-likeness (QED) is 0.795. The van der Waals surface area contributed by atoms with Crippen LogP contribution >= 0.6 is 55.4 Å². The van der Waals surface area contributed by atoms with Crippen LogP contribution < -0.4 is 0 Å². The second kappa shape index (κ2) is 5.75. The molecule has 2 aromatic rings. The summed E-state index contributed by atoms with van der Waals surface area (Å²) < 4.78 is 9.67. The summed E-state index contributed by atoms with van der Waals surface area (Å²) in [7, 11) is 1.67. The number of hydrogen-bond donors (Lipinski definition) is 1. The van der Waals surface area contributed by atoms with Crippen molar-refractivity contribution in [3.05, 3.63) is 18.4 Å². The largest absolute Gasteiger partial charge is 0.383 e. The summed E-state index contributed by atoms with van der Waals surface area (Å²) in [4.78, 5) is 0. The van der Waals surface area contributed by atoms with E-state index in [-0.39, 0.29) is 0 Å². The average Bonchev–Trinajstić information content (AvgIpc) is 2.79. The van der Waals surface area contributed by atoms with Gasteiger partial charge in [0.1, 0.15) is 0 Å². The molecule has 0 radical (unpaired) electrons. The number of nitrogens with one attached hydrogen (secondary N) is 1. The molecule has 0 aliphatic rings. The van der Waals surface area contributed by atoms with Crippen molar-refractivity contribution in [3.63, 3.8) is 0 Å². The maximum absolute atomic E-state index is 5.20. The Balaban J connectivity index is 2.45. The Morgan fingerprint density at radius 2 is 2.35 bits per heavy atom. The number of nitrogens with zero attached hydrogens (tertiary/aromatic N) is 2. The Morgan fingerprint density at radius 3 is 2.94 bits per heavy atom. The molecule has 0 amide bonds. The fourth-order valence-corrected chi connectivity index (χ4v) is 4.42. The van der Waals surface area contributed by atoms with Crippen LogP contribution in [0.1, 0.15) is 0 Å². The van der Waals surface area contributed by atoms with Gasteiger partial charge in [-0.05, 0) is 50.1 Å². The van der Waals surface area contributed by atoms with Gasteiger partial charge in [-0.3, -0.25) is 9.67 Å². The summed E-state index contributed by atoms with van der Waals surface area (Å²) in [5.41, 5.74) is 1.02. The van der Waals surface area contributed by atoms with Gasteiger partial charge in [0, 0.05) is 12.7 Å². The Bertz CT molecular complexity index is 575. The minimum Gasteiger partial charge on any atom is -0.383 e. The van der Waals surface area contributed by atoms with Crippen molar-refractivity contribution in [3.8, 4) is 11.4 Å². The van der Waals surface area contributed by atoms with Crippen molar-refractivity contribution in [2.45, 2.75) is 6.54 Å². The third-order valence-corrected chi connectivity index (χ3v) is 4.83. The lowest BCUT2D eigenvalue weighted by Gasteiger charge is -2.04. The molecular weight excluding hydrogens is 390 g/mol. The molecule has 4 nitrogen and oxygen atoms in total. The van der Waals surface area contributed by atoms with Gasteiger partial charge in [0.2, 0.25) is 0 Å². The molecule has 0 spiro atoms. The topological polar surface area (TPSA) is 42.8 Å². The monoisotopic (exact) mass is 397 g/mol. The van der Waals surface area contributed by atoms with E-state index < -0.39 is 0 Å². The smallest absolute Gasteiger partial charge is 0.195 e. The summed E-state index contributed by atoms with van der Waals surface area (Å²) >= 11 is 13.8. The van der Waals surface area contributed by atoms with E-state index in [0.717, 1.165) is 19.0 Å². The zero-order valence-electron chi connectivity index (χ0n) is 8.87. The number of thiophene rings is 1. The fourth-order valence-electron chi connectivity index (χ4n) is 1.41. The second-order valence-electron chi connectivity index (χ2n) is 3.23. The van der Waals surface area contributed by atoms with E-state index >= 15 is 0 Å². The highest BCUT2D eigenvalue weighted by molar-refractivity contribution is 9.12. The summed E-state index contributed by atoms with van der Waals surface area (Å²) in [5.74, 6) is 0.820. The zero-order valence-corrected chi connectivity index (χ0v) is 13.7. The van der Waals surface area contributed by atoms with E-state index in [1.54, 1.807) is 18.4 Å². The molecule has 0 saturated carbocycles. The zero-order chi connectivity index (χ0) is 12.4. The lowest BCUT2D eigenvalue weighted by Crippen LogP contribution is -2.06. The van der Waals surface area contributed by atoms with Crippen LogP contribution in [-0.2, 0) is 11.3 Å². The first-order valence-corrected chi connectivity index (χ1v) is 7.54. The third kappa shape index (κ3) is 2.87. The lowest BCUT2D eigenvalue weighted by molar-refractivity contribution is 0.187. The van der Waals surface area contributed by atoms with Crippen molar-refractivity contribution in [1.29, 1.82) is 0 Å². The number of rotatable bonds is 4. The molecule has 0 fully saturated rings. The molecule has 8 heteroatoms. The van der Waals surface area contributed by atoms with Crippen LogP contribution in [0.5, 0.6) is 0 Å². The van der Waals surface area contributed by atoms with Gasteiger partial charge in [0.05, 0.1) is 20.7 Å². The van der Waals surface area contributed by atoms with Crippen LogP contribution in [0.2, 0.25) is 0 Å². The van der Waals surface area contributed by atoms with Crippen LogP contribution in [0.25, 0.3) is 11.4 Å². The Labute approximate surface area is 124 Å². The first-order valence-electron chi connectivity index (χ1n) is 4.73. The third-order valence-electron chi connectivity index (χ3n) is 2.17. The number of aromatic nitrogens is 3. The molecule has 2 rings (SSSR count). The van der Waals surface area contributed by atoms with E-state index in [4.69, 9.17) is 17.0 Å². The predicted molar refractivity (Wildman–Crippen MR) is 78.0 cm³/mol. The van der Waals surface area contributed by atoms with Crippen LogP contribution in [-0.4, -0.2) is 28.5 Å². The highest BCUT2D eigenvalue weighted by atomic mass is 79.9. The van der Waals surface area contributed by atoms with Crippen molar-refractivity contribution in [2.24, 2.45) is 0 Å². The highest BCUT2D eigenvalue weighted by Gasteiger charge is 2.14. The Hall–Kier alpha value is -0.0200. The van der Waals surface area contributed by atoms with Gasteiger partial charge in [-0.25, -0.2) is 0 Å². The molecule has 0 atom stereocenters. The van der Waals surface area contributed by atoms with Gasteiger partial charge in [-0.15, -0.1) is 11.3 Å². The number of ether oxygens (including phenoxy) is 1. The molecule has 2 aromatic heterocycles. The van der Waals surface area contributed by atoms with Crippen molar-refractivity contribution in [1.82, 2.24) is 14.8 Å².